The predicted molar refractivity (Wildman–Crippen MR) is 85.5 cm³/mol. The normalized spacial score (nSPS) is 19.4. The van der Waals surface area contributed by atoms with Crippen LogP contribution in [0, 0.1) is 0 Å². The van der Waals surface area contributed by atoms with Crippen molar-refractivity contribution < 1.29 is 14.6 Å². The minimum absolute atomic E-state index is 0.0956. The van der Waals surface area contributed by atoms with E-state index in [4.69, 9.17) is 4.74 Å². The second kappa shape index (κ2) is 7.68. The van der Waals surface area contributed by atoms with Gasteiger partial charge in [-0.1, -0.05) is 13.0 Å². The Hall–Kier alpha value is -1.24. The van der Waals surface area contributed by atoms with Crippen molar-refractivity contribution in [2.24, 2.45) is 0 Å². The molecular formula is C15H22N2O3S. The molecule has 6 heteroatoms. The highest BCUT2D eigenvalue weighted by atomic mass is 32.2. The van der Waals surface area contributed by atoms with Crippen LogP contribution < -0.4 is 5.32 Å². The number of hydrogen-bond acceptors (Lipinski definition) is 5. The van der Waals surface area contributed by atoms with Gasteiger partial charge in [-0.3, -0.25) is 4.90 Å². The Kier molecular flexibility index (Phi) is 5.90. The lowest BCUT2D eigenvalue weighted by atomic mass is 10.1. The largest absolute Gasteiger partial charge is 0.478 e. The molecule has 5 nitrogen and oxygen atoms in total. The predicted octanol–water partition coefficient (Wildman–Crippen LogP) is 2.24. The van der Waals surface area contributed by atoms with E-state index < -0.39 is 5.97 Å². The third-order valence-electron chi connectivity index (χ3n) is 3.65. The molecule has 0 radical (unpaired) electrons. The van der Waals surface area contributed by atoms with Crippen LogP contribution in [0.3, 0.4) is 0 Å². The Morgan fingerprint density at radius 2 is 2.38 bits per heavy atom. The number of carbonyl (C=O) groups is 1. The molecule has 1 aromatic rings. The molecule has 1 unspecified atom stereocenters. The zero-order valence-electron chi connectivity index (χ0n) is 12.5. The quantitative estimate of drug-likeness (QED) is 0.786. The summed E-state index contributed by atoms with van der Waals surface area (Å²) in [4.78, 5) is 14.6. The Bertz CT molecular complexity index is 496. The molecule has 0 amide bonds. The van der Waals surface area contributed by atoms with Crippen LogP contribution in [0.4, 0.5) is 5.69 Å². The molecule has 2 N–H and O–H groups in total. The fraction of sp³-hybridized carbons (Fsp3) is 0.533. The maximum Gasteiger partial charge on any atom is 0.338 e. The van der Waals surface area contributed by atoms with Crippen molar-refractivity contribution in [2.45, 2.75) is 17.9 Å². The van der Waals surface area contributed by atoms with Gasteiger partial charge in [-0.25, -0.2) is 4.79 Å². The van der Waals surface area contributed by atoms with Crippen LogP contribution in [0.25, 0.3) is 0 Å². The lowest BCUT2D eigenvalue weighted by Gasteiger charge is -2.32. The maximum absolute atomic E-state index is 11.5. The van der Waals surface area contributed by atoms with Gasteiger partial charge in [-0.15, -0.1) is 11.8 Å². The first kappa shape index (κ1) is 16.1. The van der Waals surface area contributed by atoms with Crippen LogP contribution in [-0.4, -0.2) is 61.1 Å². The van der Waals surface area contributed by atoms with E-state index in [0.29, 0.717) is 17.8 Å². The molecule has 1 aliphatic rings. The number of thioether (sulfide) groups is 1. The number of rotatable bonds is 6. The third kappa shape index (κ3) is 4.12. The lowest BCUT2D eigenvalue weighted by Crippen LogP contribution is -2.45. The van der Waals surface area contributed by atoms with Gasteiger partial charge in [0, 0.05) is 30.2 Å². The van der Waals surface area contributed by atoms with E-state index in [9.17, 15) is 9.90 Å². The molecule has 21 heavy (non-hydrogen) atoms. The van der Waals surface area contributed by atoms with Crippen molar-refractivity contribution in [3.05, 3.63) is 23.8 Å². The van der Waals surface area contributed by atoms with Crippen LogP contribution in [0.1, 0.15) is 17.3 Å². The summed E-state index contributed by atoms with van der Waals surface area (Å²) in [5.74, 6) is -0.901. The summed E-state index contributed by atoms with van der Waals surface area (Å²) < 4.78 is 5.73. The molecule has 0 spiro atoms. The van der Waals surface area contributed by atoms with Crippen molar-refractivity contribution in [2.75, 3.05) is 44.4 Å². The highest BCUT2D eigenvalue weighted by molar-refractivity contribution is 7.98. The van der Waals surface area contributed by atoms with Gasteiger partial charge in [0.1, 0.15) is 0 Å². The molecule has 1 fully saturated rings. The summed E-state index contributed by atoms with van der Waals surface area (Å²) in [6, 6.07) is 5.51. The fourth-order valence-electron chi connectivity index (χ4n) is 2.48. The molecule has 0 saturated carbocycles. The number of anilines is 1. The Morgan fingerprint density at radius 3 is 3.05 bits per heavy atom. The van der Waals surface area contributed by atoms with Crippen LogP contribution >= 0.6 is 11.8 Å². The molecule has 1 aliphatic heterocycles. The number of likely N-dealkylation sites (N-methyl/N-ethyl adjacent to an activating group) is 1. The van der Waals surface area contributed by atoms with E-state index in [1.807, 2.05) is 24.5 Å². The summed E-state index contributed by atoms with van der Waals surface area (Å²) in [5.41, 5.74) is 1.000. The first-order valence-corrected chi connectivity index (χ1v) is 8.36. The molecule has 1 saturated heterocycles. The Labute approximate surface area is 129 Å². The number of ether oxygens (including phenoxy) is 1. The second-order valence-corrected chi connectivity index (χ2v) is 5.80. The van der Waals surface area contributed by atoms with Crippen LogP contribution in [-0.2, 0) is 4.74 Å². The number of hydrogen-bond donors (Lipinski definition) is 2. The molecule has 1 heterocycles. The summed E-state index contributed by atoms with van der Waals surface area (Å²) in [6.45, 7) is 6.36. The summed E-state index contributed by atoms with van der Waals surface area (Å²) >= 11 is 1.44. The van der Waals surface area contributed by atoms with Crippen LogP contribution in [0.5, 0.6) is 0 Å². The first-order chi connectivity index (χ1) is 10.2. The zero-order valence-corrected chi connectivity index (χ0v) is 13.3. The molecule has 1 aromatic carbocycles. The summed E-state index contributed by atoms with van der Waals surface area (Å²) in [6.07, 6.45) is 1.98. The zero-order chi connectivity index (χ0) is 15.2. The van der Waals surface area contributed by atoms with Gasteiger partial charge in [-0.05, 0) is 24.9 Å². The van der Waals surface area contributed by atoms with E-state index in [2.05, 4.69) is 17.1 Å². The Morgan fingerprint density at radius 1 is 1.57 bits per heavy atom. The van der Waals surface area contributed by atoms with E-state index in [-0.39, 0.29) is 6.10 Å². The highest BCUT2D eigenvalue weighted by Crippen LogP contribution is 2.27. The van der Waals surface area contributed by atoms with Crippen molar-refractivity contribution in [3.63, 3.8) is 0 Å². The highest BCUT2D eigenvalue weighted by Gasteiger charge is 2.20. The van der Waals surface area contributed by atoms with Gasteiger partial charge >= 0.3 is 5.97 Å². The molecular weight excluding hydrogens is 288 g/mol. The average Bonchev–Trinajstić information content (AvgIpc) is 2.52. The standard InChI is InChI=1S/C15H22N2O3S/c1-3-17-7-8-20-11(10-17)9-16-12-5-4-6-13(21-2)14(12)15(18)19/h4-6,11,16H,3,7-10H2,1-2H3,(H,18,19). The maximum atomic E-state index is 11.5. The monoisotopic (exact) mass is 310 g/mol. The number of benzene rings is 1. The molecule has 1 atom stereocenters. The van der Waals surface area contributed by atoms with Gasteiger partial charge in [0.15, 0.2) is 0 Å². The van der Waals surface area contributed by atoms with Crippen molar-refractivity contribution in [1.29, 1.82) is 0 Å². The molecule has 0 aromatic heterocycles. The smallest absolute Gasteiger partial charge is 0.338 e. The molecule has 2 rings (SSSR count). The van der Waals surface area contributed by atoms with Crippen molar-refractivity contribution in [3.8, 4) is 0 Å². The molecule has 0 aliphatic carbocycles. The Balaban J connectivity index is 2.04. The number of morpholine rings is 1. The first-order valence-electron chi connectivity index (χ1n) is 7.13. The van der Waals surface area contributed by atoms with Gasteiger partial charge in [0.25, 0.3) is 0 Å². The van der Waals surface area contributed by atoms with Crippen LogP contribution in [0.2, 0.25) is 0 Å². The number of nitrogens with zero attached hydrogens (tertiary/aromatic N) is 1. The van der Waals surface area contributed by atoms with Crippen molar-refractivity contribution >= 4 is 23.4 Å². The van der Waals surface area contributed by atoms with E-state index in [1.54, 1.807) is 0 Å². The van der Waals surface area contributed by atoms with E-state index in [1.165, 1.54) is 11.8 Å². The molecule has 116 valence electrons. The summed E-state index contributed by atoms with van der Waals surface area (Å²) in [5, 5.41) is 12.6. The topological polar surface area (TPSA) is 61.8 Å². The van der Waals surface area contributed by atoms with Gasteiger partial charge in [0.2, 0.25) is 0 Å². The molecule has 0 bridgehead atoms. The fourth-order valence-corrected chi connectivity index (χ4v) is 3.10. The lowest BCUT2D eigenvalue weighted by molar-refractivity contribution is -0.0191. The van der Waals surface area contributed by atoms with E-state index >= 15 is 0 Å². The van der Waals surface area contributed by atoms with Gasteiger partial charge in [-0.2, -0.15) is 0 Å². The average molecular weight is 310 g/mol. The third-order valence-corrected chi connectivity index (χ3v) is 4.43. The van der Waals surface area contributed by atoms with Crippen LogP contribution in [0.15, 0.2) is 23.1 Å². The number of carboxylic acids is 1. The van der Waals surface area contributed by atoms with Crippen molar-refractivity contribution in [1.82, 2.24) is 4.90 Å². The van der Waals surface area contributed by atoms with Gasteiger partial charge in [0.05, 0.1) is 18.3 Å². The summed E-state index contributed by atoms with van der Waals surface area (Å²) in [7, 11) is 0. The minimum Gasteiger partial charge on any atom is -0.478 e. The SMILES string of the molecule is CCN1CCOC(CNc2cccc(SC)c2C(=O)O)C1. The number of carboxylic acid groups (broad SMARTS) is 1. The number of aromatic carboxylic acids is 1. The van der Waals surface area contributed by atoms with Gasteiger partial charge < -0.3 is 15.2 Å². The minimum atomic E-state index is -0.901. The second-order valence-electron chi connectivity index (χ2n) is 4.95. The van der Waals surface area contributed by atoms with E-state index in [0.717, 1.165) is 31.1 Å². The number of nitrogens with one attached hydrogen (secondary N) is 1.